The molecular formula is C24H18N2O. The van der Waals surface area contributed by atoms with Crippen molar-refractivity contribution in [2.45, 2.75) is 12.1 Å². The first-order valence-electron chi connectivity index (χ1n) is 9.08. The lowest BCUT2D eigenvalue weighted by atomic mass is 9.79. The lowest BCUT2D eigenvalue weighted by molar-refractivity contribution is 0.145. The standard InChI is InChI=1S/C24H18N2O/c27-24-22-18-11-5-4-8-16(18)14-15-20(22)19-12-6-7-13-21(19)23(24)26-25-17-9-2-1-3-10-17/h1-15,23-24,27H. The van der Waals surface area contributed by atoms with Crippen molar-refractivity contribution < 1.29 is 5.11 Å². The highest BCUT2D eigenvalue weighted by Crippen LogP contribution is 2.49. The zero-order valence-corrected chi connectivity index (χ0v) is 14.7. The molecule has 0 saturated heterocycles. The van der Waals surface area contributed by atoms with E-state index in [0.29, 0.717) is 0 Å². The molecule has 0 aromatic heterocycles. The second-order valence-electron chi connectivity index (χ2n) is 6.78. The van der Waals surface area contributed by atoms with Gasteiger partial charge in [-0.3, -0.25) is 0 Å². The Balaban J connectivity index is 1.71. The largest absolute Gasteiger partial charge is 0.386 e. The van der Waals surface area contributed by atoms with Gasteiger partial charge in [0.15, 0.2) is 0 Å². The van der Waals surface area contributed by atoms with Crippen molar-refractivity contribution in [2.24, 2.45) is 10.2 Å². The van der Waals surface area contributed by atoms with E-state index in [-0.39, 0.29) is 0 Å². The molecule has 4 aromatic carbocycles. The molecule has 0 saturated carbocycles. The molecule has 3 nitrogen and oxygen atoms in total. The van der Waals surface area contributed by atoms with Gasteiger partial charge in [0.05, 0.1) is 5.69 Å². The molecule has 0 heterocycles. The first kappa shape index (κ1) is 15.9. The predicted octanol–water partition coefficient (Wildman–Crippen LogP) is 6.38. The van der Waals surface area contributed by atoms with Crippen molar-refractivity contribution >= 4 is 16.5 Å². The van der Waals surface area contributed by atoms with Gasteiger partial charge in [0.2, 0.25) is 0 Å². The molecule has 4 aromatic rings. The van der Waals surface area contributed by atoms with Crippen LogP contribution in [0.5, 0.6) is 0 Å². The minimum atomic E-state index is -0.742. The number of aliphatic hydroxyl groups is 1. The monoisotopic (exact) mass is 350 g/mol. The van der Waals surface area contributed by atoms with Gasteiger partial charge >= 0.3 is 0 Å². The minimum Gasteiger partial charge on any atom is -0.386 e. The Hall–Kier alpha value is -3.30. The summed E-state index contributed by atoms with van der Waals surface area (Å²) in [6.45, 7) is 0. The third-order valence-electron chi connectivity index (χ3n) is 5.19. The highest BCUT2D eigenvalue weighted by atomic mass is 16.3. The number of fused-ring (bicyclic) bond motifs is 5. The van der Waals surface area contributed by atoms with Crippen LogP contribution in [0.2, 0.25) is 0 Å². The van der Waals surface area contributed by atoms with Crippen molar-refractivity contribution in [3.63, 3.8) is 0 Å². The summed E-state index contributed by atoms with van der Waals surface area (Å²) in [6, 6.07) is 29.7. The minimum absolute atomic E-state index is 0.431. The van der Waals surface area contributed by atoms with Gasteiger partial charge in [-0.15, -0.1) is 0 Å². The van der Waals surface area contributed by atoms with Crippen LogP contribution in [0.4, 0.5) is 5.69 Å². The number of azo groups is 1. The number of hydrogen-bond donors (Lipinski definition) is 1. The molecule has 3 heteroatoms. The average Bonchev–Trinajstić information content (AvgIpc) is 2.74. The maximum Gasteiger partial charge on any atom is 0.127 e. The van der Waals surface area contributed by atoms with Gasteiger partial charge < -0.3 is 5.11 Å². The lowest BCUT2D eigenvalue weighted by Gasteiger charge is -2.30. The van der Waals surface area contributed by atoms with Crippen LogP contribution in [0.15, 0.2) is 101 Å². The Morgan fingerprint density at radius 1 is 0.667 bits per heavy atom. The second kappa shape index (κ2) is 6.45. The normalized spacial score (nSPS) is 18.4. The average molecular weight is 350 g/mol. The molecule has 2 atom stereocenters. The fourth-order valence-electron chi connectivity index (χ4n) is 3.93. The lowest BCUT2D eigenvalue weighted by Crippen LogP contribution is -2.16. The fraction of sp³-hybridized carbons (Fsp3) is 0.0833. The van der Waals surface area contributed by atoms with Gasteiger partial charge in [-0.25, -0.2) is 0 Å². The summed E-state index contributed by atoms with van der Waals surface area (Å²) >= 11 is 0. The molecule has 27 heavy (non-hydrogen) atoms. The van der Waals surface area contributed by atoms with Crippen LogP contribution in [-0.4, -0.2) is 5.11 Å². The van der Waals surface area contributed by atoms with Crippen LogP contribution in [0.25, 0.3) is 21.9 Å². The molecule has 1 N–H and O–H groups in total. The molecular weight excluding hydrogens is 332 g/mol. The summed E-state index contributed by atoms with van der Waals surface area (Å²) < 4.78 is 0. The molecule has 1 aliphatic rings. The van der Waals surface area contributed by atoms with Crippen LogP contribution in [0.3, 0.4) is 0 Å². The van der Waals surface area contributed by atoms with Gasteiger partial charge in [-0.1, -0.05) is 78.9 Å². The molecule has 0 aliphatic heterocycles. The zero-order valence-electron chi connectivity index (χ0n) is 14.7. The van der Waals surface area contributed by atoms with Crippen LogP contribution < -0.4 is 0 Å². The Labute approximate surface area is 157 Å². The maximum absolute atomic E-state index is 11.3. The molecule has 130 valence electrons. The number of rotatable bonds is 2. The van der Waals surface area contributed by atoms with E-state index >= 15 is 0 Å². The van der Waals surface area contributed by atoms with E-state index in [4.69, 9.17) is 0 Å². The highest BCUT2D eigenvalue weighted by Gasteiger charge is 2.33. The van der Waals surface area contributed by atoms with E-state index in [1.54, 1.807) is 0 Å². The van der Waals surface area contributed by atoms with Crippen molar-refractivity contribution in [3.8, 4) is 11.1 Å². The highest BCUT2D eigenvalue weighted by molar-refractivity contribution is 5.94. The van der Waals surface area contributed by atoms with E-state index in [1.807, 2.05) is 60.7 Å². The van der Waals surface area contributed by atoms with Crippen LogP contribution >= 0.6 is 0 Å². The van der Waals surface area contributed by atoms with E-state index in [2.05, 4.69) is 40.6 Å². The Morgan fingerprint density at radius 3 is 2.30 bits per heavy atom. The SMILES string of the molecule is OC1c2c(ccc3ccccc23)-c2ccccc2C1N=Nc1ccccc1. The third-order valence-corrected chi connectivity index (χ3v) is 5.19. The first-order chi connectivity index (χ1) is 13.3. The number of hydrogen-bond acceptors (Lipinski definition) is 3. The van der Waals surface area contributed by atoms with E-state index in [1.165, 1.54) is 0 Å². The molecule has 0 amide bonds. The third kappa shape index (κ3) is 2.64. The Bertz CT molecular complexity index is 1150. The van der Waals surface area contributed by atoms with E-state index < -0.39 is 12.1 Å². The van der Waals surface area contributed by atoms with Crippen molar-refractivity contribution in [2.75, 3.05) is 0 Å². The molecule has 5 rings (SSSR count). The molecule has 2 unspecified atom stereocenters. The number of nitrogens with zero attached hydrogens (tertiary/aromatic N) is 2. The summed E-state index contributed by atoms with van der Waals surface area (Å²) in [6.07, 6.45) is -0.742. The summed E-state index contributed by atoms with van der Waals surface area (Å²) in [5.74, 6) is 0. The molecule has 0 bridgehead atoms. The van der Waals surface area contributed by atoms with Crippen LogP contribution in [0.1, 0.15) is 23.3 Å². The molecule has 0 fully saturated rings. The number of benzene rings is 4. The van der Waals surface area contributed by atoms with Crippen molar-refractivity contribution in [1.82, 2.24) is 0 Å². The smallest absolute Gasteiger partial charge is 0.127 e. The van der Waals surface area contributed by atoms with Crippen molar-refractivity contribution in [3.05, 3.63) is 102 Å². The van der Waals surface area contributed by atoms with Crippen molar-refractivity contribution in [1.29, 1.82) is 0 Å². The quantitative estimate of drug-likeness (QED) is 0.419. The summed E-state index contributed by atoms with van der Waals surface area (Å²) in [5, 5.41) is 22.4. The van der Waals surface area contributed by atoms with Gasteiger partial charge in [-0.2, -0.15) is 10.2 Å². The van der Waals surface area contributed by atoms with Gasteiger partial charge in [-0.05, 0) is 45.2 Å². The summed E-state index contributed by atoms with van der Waals surface area (Å²) in [7, 11) is 0. The van der Waals surface area contributed by atoms with Gasteiger partial charge in [0.1, 0.15) is 12.1 Å². The second-order valence-corrected chi connectivity index (χ2v) is 6.78. The molecule has 0 radical (unpaired) electrons. The zero-order chi connectivity index (χ0) is 18.2. The fourth-order valence-corrected chi connectivity index (χ4v) is 3.93. The topological polar surface area (TPSA) is 45.0 Å². The van der Waals surface area contributed by atoms with E-state index in [0.717, 1.165) is 38.7 Å². The Morgan fingerprint density at radius 2 is 1.41 bits per heavy atom. The first-order valence-corrected chi connectivity index (χ1v) is 9.08. The van der Waals surface area contributed by atoms with Gasteiger partial charge in [0.25, 0.3) is 0 Å². The van der Waals surface area contributed by atoms with Crippen LogP contribution in [0, 0.1) is 0 Å². The summed E-state index contributed by atoms with van der Waals surface area (Å²) in [4.78, 5) is 0. The predicted molar refractivity (Wildman–Crippen MR) is 108 cm³/mol. The summed E-state index contributed by atoms with van der Waals surface area (Å²) in [5.41, 5.74) is 4.91. The number of aliphatic hydroxyl groups excluding tert-OH is 1. The van der Waals surface area contributed by atoms with E-state index in [9.17, 15) is 5.11 Å². The van der Waals surface area contributed by atoms with Gasteiger partial charge in [0, 0.05) is 0 Å². The molecule has 0 spiro atoms. The molecule has 1 aliphatic carbocycles. The van der Waals surface area contributed by atoms with Crippen LogP contribution in [-0.2, 0) is 0 Å². The Kier molecular flexibility index (Phi) is 3.80. The maximum atomic E-state index is 11.3.